The molecule has 0 spiro atoms. The molecule has 7 nitrogen and oxygen atoms in total. The smallest absolute Gasteiger partial charge is 0.243 e. The fourth-order valence-corrected chi connectivity index (χ4v) is 4.60. The van der Waals surface area contributed by atoms with Gasteiger partial charge in [0.1, 0.15) is 5.75 Å². The number of nitrogens with one attached hydrogen (secondary N) is 1. The second-order valence-electron chi connectivity index (χ2n) is 6.84. The molecule has 1 N–H and O–H groups in total. The van der Waals surface area contributed by atoms with Crippen molar-refractivity contribution in [2.45, 2.75) is 44.6 Å². The zero-order chi connectivity index (χ0) is 19.9. The van der Waals surface area contributed by atoms with Gasteiger partial charge in [-0.05, 0) is 44.5 Å². The molecular formula is C19H31N3O4S. The van der Waals surface area contributed by atoms with Crippen LogP contribution >= 0.6 is 0 Å². The average molecular weight is 398 g/mol. The van der Waals surface area contributed by atoms with Gasteiger partial charge in [0.25, 0.3) is 0 Å². The second kappa shape index (κ2) is 10.1. The molecule has 0 aromatic heterocycles. The Kier molecular flexibility index (Phi) is 8.07. The zero-order valence-electron chi connectivity index (χ0n) is 16.5. The Bertz CT molecular complexity index is 698. The third kappa shape index (κ3) is 6.19. The summed E-state index contributed by atoms with van der Waals surface area (Å²) in [5, 5.41) is 2.99. The lowest BCUT2D eigenvalue weighted by Crippen LogP contribution is -2.51. The standard InChI is InChI=1S/C19H31N3O4S/c1-4-6-16(3)20-19(23)15-21-11-13-22(14-12-21)27(24,25)18-9-7-17(8-10-18)26-5-2/h7-10,16H,4-6,11-15H2,1-3H3,(H,20,23). The van der Waals surface area contributed by atoms with Crippen molar-refractivity contribution in [3.05, 3.63) is 24.3 Å². The maximum atomic E-state index is 12.8. The molecule has 1 aromatic carbocycles. The van der Waals surface area contributed by atoms with Crippen LogP contribution in [0.15, 0.2) is 29.2 Å². The van der Waals surface area contributed by atoms with E-state index in [-0.39, 0.29) is 16.8 Å². The monoisotopic (exact) mass is 397 g/mol. The number of rotatable bonds is 9. The minimum Gasteiger partial charge on any atom is -0.494 e. The molecule has 27 heavy (non-hydrogen) atoms. The fraction of sp³-hybridized carbons (Fsp3) is 0.632. The van der Waals surface area contributed by atoms with Crippen molar-refractivity contribution in [2.75, 3.05) is 39.3 Å². The van der Waals surface area contributed by atoms with Crippen molar-refractivity contribution >= 4 is 15.9 Å². The van der Waals surface area contributed by atoms with Crippen LogP contribution in [0.1, 0.15) is 33.6 Å². The Morgan fingerprint density at radius 1 is 1.15 bits per heavy atom. The third-order valence-electron chi connectivity index (χ3n) is 4.60. The lowest BCUT2D eigenvalue weighted by molar-refractivity contribution is -0.123. The first-order valence-electron chi connectivity index (χ1n) is 9.61. The van der Waals surface area contributed by atoms with Crippen molar-refractivity contribution in [3.8, 4) is 5.75 Å². The van der Waals surface area contributed by atoms with E-state index in [1.165, 1.54) is 4.31 Å². The molecule has 1 amide bonds. The van der Waals surface area contributed by atoms with Crippen LogP contribution in [-0.4, -0.2) is 68.9 Å². The van der Waals surface area contributed by atoms with Crippen LogP contribution in [0.3, 0.4) is 0 Å². The molecule has 0 aliphatic carbocycles. The fourth-order valence-electron chi connectivity index (χ4n) is 3.18. The van der Waals surface area contributed by atoms with Crippen molar-refractivity contribution in [1.29, 1.82) is 0 Å². The van der Waals surface area contributed by atoms with E-state index in [4.69, 9.17) is 4.74 Å². The van der Waals surface area contributed by atoms with Crippen molar-refractivity contribution < 1.29 is 17.9 Å². The molecule has 0 bridgehead atoms. The SMILES string of the molecule is CCCC(C)NC(=O)CN1CCN(S(=O)(=O)c2ccc(OCC)cc2)CC1. The van der Waals surface area contributed by atoms with Gasteiger partial charge in [0.2, 0.25) is 15.9 Å². The van der Waals surface area contributed by atoms with Crippen LogP contribution in [0.25, 0.3) is 0 Å². The highest BCUT2D eigenvalue weighted by Crippen LogP contribution is 2.20. The predicted octanol–water partition coefficient (Wildman–Crippen LogP) is 1.70. The van der Waals surface area contributed by atoms with Gasteiger partial charge in [-0.2, -0.15) is 4.31 Å². The van der Waals surface area contributed by atoms with E-state index in [2.05, 4.69) is 12.2 Å². The number of carbonyl (C=O) groups is 1. The molecule has 1 saturated heterocycles. The summed E-state index contributed by atoms with van der Waals surface area (Å²) >= 11 is 0. The van der Waals surface area contributed by atoms with E-state index in [1.54, 1.807) is 24.3 Å². The predicted molar refractivity (Wildman–Crippen MR) is 105 cm³/mol. The number of hydrogen-bond donors (Lipinski definition) is 1. The number of hydrogen-bond acceptors (Lipinski definition) is 5. The number of carbonyl (C=O) groups excluding carboxylic acids is 1. The number of ether oxygens (including phenoxy) is 1. The van der Waals surface area contributed by atoms with Gasteiger partial charge < -0.3 is 10.1 Å². The lowest BCUT2D eigenvalue weighted by atomic mass is 10.2. The summed E-state index contributed by atoms with van der Waals surface area (Å²) in [7, 11) is -3.52. The van der Waals surface area contributed by atoms with Crippen LogP contribution in [0.2, 0.25) is 0 Å². The maximum absolute atomic E-state index is 12.8. The number of nitrogens with zero attached hydrogens (tertiary/aromatic N) is 2. The first-order valence-corrected chi connectivity index (χ1v) is 11.1. The average Bonchev–Trinajstić information content (AvgIpc) is 2.63. The van der Waals surface area contributed by atoms with Crippen LogP contribution in [0.5, 0.6) is 5.75 Å². The summed E-state index contributed by atoms with van der Waals surface area (Å²) in [5.74, 6) is 0.656. The number of piperazine rings is 1. The van der Waals surface area contributed by atoms with Gasteiger partial charge in [-0.1, -0.05) is 13.3 Å². The van der Waals surface area contributed by atoms with Crippen LogP contribution in [0.4, 0.5) is 0 Å². The Balaban J connectivity index is 1.87. The molecule has 152 valence electrons. The van der Waals surface area contributed by atoms with Crippen LogP contribution in [-0.2, 0) is 14.8 Å². The minimum atomic E-state index is -3.52. The van der Waals surface area contributed by atoms with Gasteiger partial charge in [-0.3, -0.25) is 9.69 Å². The van der Waals surface area contributed by atoms with Gasteiger partial charge in [-0.25, -0.2) is 8.42 Å². The Labute approximate surface area is 162 Å². The van der Waals surface area contributed by atoms with Crippen molar-refractivity contribution in [3.63, 3.8) is 0 Å². The largest absolute Gasteiger partial charge is 0.494 e. The van der Waals surface area contributed by atoms with Gasteiger partial charge in [0.15, 0.2) is 0 Å². The summed E-state index contributed by atoms with van der Waals surface area (Å²) in [6.07, 6.45) is 1.99. The van der Waals surface area contributed by atoms with Gasteiger partial charge in [-0.15, -0.1) is 0 Å². The molecule has 1 aliphatic heterocycles. The Morgan fingerprint density at radius 3 is 2.33 bits per heavy atom. The quantitative estimate of drug-likeness (QED) is 0.686. The topological polar surface area (TPSA) is 79.0 Å². The summed E-state index contributed by atoms with van der Waals surface area (Å²) in [4.78, 5) is 14.4. The van der Waals surface area contributed by atoms with E-state index in [0.29, 0.717) is 45.1 Å². The Morgan fingerprint density at radius 2 is 1.78 bits per heavy atom. The molecule has 2 rings (SSSR count). The minimum absolute atomic E-state index is 0.00114. The van der Waals surface area contributed by atoms with E-state index >= 15 is 0 Å². The first-order chi connectivity index (χ1) is 12.9. The molecule has 1 aliphatic rings. The zero-order valence-corrected chi connectivity index (χ0v) is 17.3. The highest BCUT2D eigenvalue weighted by Gasteiger charge is 2.29. The highest BCUT2D eigenvalue weighted by atomic mass is 32.2. The van der Waals surface area contributed by atoms with Crippen molar-refractivity contribution in [2.24, 2.45) is 0 Å². The molecule has 1 aromatic rings. The molecule has 1 unspecified atom stereocenters. The lowest BCUT2D eigenvalue weighted by Gasteiger charge is -2.33. The molecule has 8 heteroatoms. The molecule has 1 heterocycles. The summed E-state index contributed by atoms with van der Waals surface area (Å²) in [6.45, 7) is 8.69. The number of amides is 1. The summed E-state index contributed by atoms with van der Waals surface area (Å²) in [6, 6.07) is 6.68. The number of sulfonamides is 1. The van der Waals surface area contributed by atoms with E-state index < -0.39 is 10.0 Å². The maximum Gasteiger partial charge on any atom is 0.243 e. The normalized spacial score (nSPS) is 17.4. The molecule has 0 saturated carbocycles. The number of benzene rings is 1. The van der Waals surface area contributed by atoms with E-state index in [9.17, 15) is 13.2 Å². The van der Waals surface area contributed by atoms with Crippen molar-refractivity contribution in [1.82, 2.24) is 14.5 Å². The highest BCUT2D eigenvalue weighted by molar-refractivity contribution is 7.89. The van der Waals surface area contributed by atoms with Gasteiger partial charge in [0, 0.05) is 32.2 Å². The summed E-state index contributed by atoms with van der Waals surface area (Å²) in [5.41, 5.74) is 0. The van der Waals surface area contributed by atoms with Gasteiger partial charge in [0.05, 0.1) is 18.0 Å². The van der Waals surface area contributed by atoms with E-state index in [0.717, 1.165) is 12.8 Å². The molecule has 0 radical (unpaired) electrons. The summed E-state index contributed by atoms with van der Waals surface area (Å²) < 4.78 is 32.4. The molecule has 1 atom stereocenters. The van der Waals surface area contributed by atoms with Gasteiger partial charge >= 0.3 is 0 Å². The Hall–Kier alpha value is -1.64. The van der Waals surface area contributed by atoms with Crippen LogP contribution < -0.4 is 10.1 Å². The van der Waals surface area contributed by atoms with Crippen LogP contribution in [0, 0.1) is 0 Å². The van der Waals surface area contributed by atoms with E-state index in [1.807, 2.05) is 18.7 Å². The third-order valence-corrected chi connectivity index (χ3v) is 6.51. The molecular weight excluding hydrogens is 366 g/mol. The second-order valence-corrected chi connectivity index (χ2v) is 8.78. The first kappa shape index (κ1) is 21.7. The molecule has 1 fully saturated rings.